The molecule has 2 heterocycles. The second-order valence-corrected chi connectivity index (χ2v) is 9.08. The zero-order chi connectivity index (χ0) is 23.0. The van der Waals surface area contributed by atoms with Crippen LogP contribution in [0.3, 0.4) is 0 Å². The molecular formula is C24H21N5O3S. The molecule has 1 spiro atoms. The fraction of sp³-hybridized carbons (Fsp3) is 0.208. The van der Waals surface area contributed by atoms with Crippen LogP contribution in [0.2, 0.25) is 0 Å². The molecular weight excluding hydrogens is 438 g/mol. The third kappa shape index (κ3) is 3.84. The molecule has 3 aromatic rings. The number of carbonyl (C=O) groups is 3. The predicted octanol–water partition coefficient (Wildman–Crippen LogP) is 3.27. The first-order valence-corrected chi connectivity index (χ1v) is 11.4. The van der Waals surface area contributed by atoms with Gasteiger partial charge >= 0.3 is 6.03 Å². The number of benzene rings is 2. The van der Waals surface area contributed by atoms with E-state index in [1.54, 1.807) is 24.5 Å². The Bertz CT molecular complexity index is 1270. The van der Waals surface area contributed by atoms with Crippen LogP contribution in [-0.2, 0) is 21.5 Å². The molecule has 1 fully saturated rings. The lowest BCUT2D eigenvalue weighted by Crippen LogP contribution is -2.43. The monoisotopic (exact) mass is 459 g/mol. The second kappa shape index (κ2) is 8.32. The van der Waals surface area contributed by atoms with Gasteiger partial charge in [-0.2, -0.15) is 0 Å². The molecule has 9 heteroatoms. The van der Waals surface area contributed by atoms with E-state index in [0.717, 1.165) is 26.5 Å². The zero-order valence-corrected chi connectivity index (χ0v) is 18.7. The van der Waals surface area contributed by atoms with Crippen molar-refractivity contribution in [1.82, 2.24) is 20.2 Å². The lowest BCUT2D eigenvalue weighted by molar-refractivity contribution is -0.134. The summed E-state index contributed by atoms with van der Waals surface area (Å²) in [6, 6.07) is 14.4. The molecule has 1 unspecified atom stereocenters. The highest BCUT2D eigenvalue weighted by molar-refractivity contribution is 7.99. The average Bonchev–Trinajstić information content (AvgIpc) is 3.29. The zero-order valence-electron chi connectivity index (χ0n) is 17.9. The number of rotatable bonds is 5. The fourth-order valence-electron chi connectivity index (χ4n) is 4.35. The molecule has 166 valence electrons. The Morgan fingerprint density at radius 1 is 1.15 bits per heavy atom. The highest BCUT2D eigenvalue weighted by Gasteiger charge is 2.55. The first-order valence-electron chi connectivity index (χ1n) is 10.5. The maximum atomic E-state index is 13.2. The Balaban J connectivity index is 1.27. The number of anilines is 1. The minimum atomic E-state index is -1.07. The van der Waals surface area contributed by atoms with Gasteiger partial charge in [0, 0.05) is 23.0 Å². The highest BCUT2D eigenvalue weighted by atomic mass is 32.2. The Morgan fingerprint density at radius 3 is 2.73 bits per heavy atom. The van der Waals surface area contributed by atoms with Crippen LogP contribution in [0.15, 0.2) is 71.0 Å². The van der Waals surface area contributed by atoms with Crippen LogP contribution in [0.25, 0.3) is 0 Å². The molecule has 33 heavy (non-hydrogen) atoms. The van der Waals surface area contributed by atoms with Crippen molar-refractivity contribution in [3.63, 3.8) is 0 Å². The summed E-state index contributed by atoms with van der Waals surface area (Å²) in [5.41, 5.74) is 2.26. The third-order valence-corrected chi connectivity index (χ3v) is 6.83. The molecule has 1 saturated heterocycles. The number of aromatic nitrogens is 2. The van der Waals surface area contributed by atoms with Crippen molar-refractivity contribution < 1.29 is 14.4 Å². The predicted molar refractivity (Wildman–Crippen MR) is 123 cm³/mol. The number of carbonyl (C=O) groups excluding carboxylic acids is 3. The van der Waals surface area contributed by atoms with Gasteiger partial charge in [0.15, 0.2) is 5.16 Å². The van der Waals surface area contributed by atoms with Gasteiger partial charge < -0.3 is 10.6 Å². The van der Waals surface area contributed by atoms with E-state index in [2.05, 4.69) is 20.6 Å². The number of hydrogen-bond acceptors (Lipinski definition) is 6. The number of aryl methyl sites for hydroxylation is 2. The molecule has 2 aromatic carbocycles. The van der Waals surface area contributed by atoms with Crippen LogP contribution >= 0.6 is 11.8 Å². The van der Waals surface area contributed by atoms with Gasteiger partial charge in [-0.25, -0.2) is 14.8 Å². The summed E-state index contributed by atoms with van der Waals surface area (Å²) in [6.07, 6.45) is 4.57. The lowest BCUT2D eigenvalue weighted by atomic mass is 9.92. The molecule has 5 rings (SSSR count). The first-order chi connectivity index (χ1) is 16.0. The van der Waals surface area contributed by atoms with E-state index in [1.165, 1.54) is 11.8 Å². The largest absolute Gasteiger partial charge is 0.325 e. The van der Waals surface area contributed by atoms with Gasteiger partial charge in [0.05, 0.1) is 0 Å². The first kappa shape index (κ1) is 21.1. The van der Waals surface area contributed by atoms with Crippen LogP contribution in [0.5, 0.6) is 0 Å². The van der Waals surface area contributed by atoms with Gasteiger partial charge in [0.2, 0.25) is 5.91 Å². The average molecular weight is 460 g/mol. The maximum Gasteiger partial charge on any atom is 0.325 e. The number of nitrogens with one attached hydrogen (secondary N) is 2. The van der Waals surface area contributed by atoms with Crippen molar-refractivity contribution >= 4 is 35.3 Å². The number of amides is 4. The quantitative estimate of drug-likeness (QED) is 0.448. The Kier molecular flexibility index (Phi) is 5.33. The summed E-state index contributed by atoms with van der Waals surface area (Å²) in [6.45, 7) is 1.53. The Labute approximate surface area is 194 Å². The normalized spacial score (nSPS) is 19.0. The molecule has 2 aliphatic rings. The highest BCUT2D eigenvalue weighted by Crippen LogP contribution is 2.41. The van der Waals surface area contributed by atoms with Crippen LogP contribution in [0, 0.1) is 6.92 Å². The van der Waals surface area contributed by atoms with Crippen molar-refractivity contribution in [2.75, 3.05) is 11.9 Å². The molecule has 4 amide bonds. The SMILES string of the molecule is Cc1cc(Sc2ncccn2)ccc1NC(=O)CN1C(=O)NC2(CCc3ccccc32)C1=O. The number of fused-ring (bicyclic) bond motifs is 2. The van der Waals surface area contributed by atoms with E-state index in [-0.39, 0.29) is 12.5 Å². The van der Waals surface area contributed by atoms with Gasteiger partial charge in [-0.3, -0.25) is 14.5 Å². The number of hydrogen-bond donors (Lipinski definition) is 2. The van der Waals surface area contributed by atoms with Crippen molar-refractivity contribution in [1.29, 1.82) is 0 Å². The summed E-state index contributed by atoms with van der Waals surface area (Å²) in [4.78, 5) is 48.9. The van der Waals surface area contributed by atoms with Gasteiger partial charge in [-0.15, -0.1) is 0 Å². The molecule has 1 aromatic heterocycles. The summed E-state index contributed by atoms with van der Waals surface area (Å²) >= 11 is 1.42. The maximum absolute atomic E-state index is 13.2. The van der Waals surface area contributed by atoms with E-state index in [9.17, 15) is 14.4 Å². The van der Waals surface area contributed by atoms with Crippen LogP contribution < -0.4 is 10.6 Å². The van der Waals surface area contributed by atoms with E-state index in [1.807, 2.05) is 43.3 Å². The number of imide groups is 1. The molecule has 1 aliphatic carbocycles. The number of urea groups is 1. The topological polar surface area (TPSA) is 104 Å². The molecule has 1 aliphatic heterocycles. The fourth-order valence-corrected chi connectivity index (χ4v) is 5.16. The lowest BCUT2D eigenvalue weighted by Gasteiger charge is -2.22. The van der Waals surface area contributed by atoms with Crippen LogP contribution in [0.4, 0.5) is 10.5 Å². The molecule has 1 atom stereocenters. The van der Waals surface area contributed by atoms with Crippen LogP contribution in [-0.4, -0.2) is 39.3 Å². The molecule has 2 N–H and O–H groups in total. The molecule has 0 saturated carbocycles. The molecule has 0 bridgehead atoms. The summed E-state index contributed by atoms with van der Waals surface area (Å²) in [5.74, 6) is -0.810. The number of nitrogens with zero attached hydrogens (tertiary/aromatic N) is 3. The standard InChI is InChI=1S/C24H21N5O3S/c1-15-13-17(33-22-25-11-4-12-26-22)7-8-19(15)27-20(30)14-29-21(31)24(28-23(29)32)10-9-16-5-2-3-6-18(16)24/h2-8,11-13H,9-10,14H2,1H3,(H,27,30)(H,28,32). The van der Waals surface area contributed by atoms with Crippen molar-refractivity contribution in [3.05, 3.63) is 77.6 Å². The Hall–Kier alpha value is -3.72. The van der Waals surface area contributed by atoms with Gasteiger partial charge in [0.1, 0.15) is 12.1 Å². The second-order valence-electron chi connectivity index (χ2n) is 8.04. The van der Waals surface area contributed by atoms with Gasteiger partial charge in [-0.05, 0) is 72.5 Å². The van der Waals surface area contributed by atoms with Gasteiger partial charge in [-0.1, -0.05) is 24.3 Å². The summed E-state index contributed by atoms with van der Waals surface area (Å²) in [5, 5.41) is 6.29. The van der Waals surface area contributed by atoms with E-state index in [0.29, 0.717) is 23.7 Å². The summed E-state index contributed by atoms with van der Waals surface area (Å²) in [7, 11) is 0. The smallest absolute Gasteiger partial charge is 0.324 e. The molecule has 0 radical (unpaired) electrons. The van der Waals surface area contributed by atoms with E-state index in [4.69, 9.17) is 0 Å². The van der Waals surface area contributed by atoms with Crippen molar-refractivity contribution in [2.24, 2.45) is 0 Å². The Morgan fingerprint density at radius 2 is 1.94 bits per heavy atom. The van der Waals surface area contributed by atoms with E-state index < -0.39 is 17.5 Å². The van der Waals surface area contributed by atoms with Gasteiger partial charge in [0.25, 0.3) is 5.91 Å². The third-order valence-electron chi connectivity index (χ3n) is 5.95. The summed E-state index contributed by atoms with van der Waals surface area (Å²) < 4.78 is 0. The minimum Gasteiger partial charge on any atom is -0.324 e. The van der Waals surface area contributed by atoms with Crippen LogP contribution in [0.1, 0.15) is 23.1 Å². The van der Waals surface area contributed by atoms with Crippen molar-refractivity contribution in [2.45, 2.75) is 35.4 Å². The minimum absolute atomic E-state index is 0.345. The van der Waals surface area contributed by atoms with E-state index >= 15 is 0 Å². The van der Waals surface area contributed by atoms with Crippen molar-refractivity contribution in [3.8, 4) is 0 Å². The molecule has 8 nitrogen and oxygen atoms in total.